The Balaban J connectivity index is 2.26. The van der Waals surface area contributed by atoms with Gasteiger partial charge in [-0.3, -0.25) is 18.7 Å². The van der Waals surface area contributed by atoms with Crippen molar-refractivity contribution >= 4 is 28.8 Å². The first-order valence-corrected chi connectivity index (χ1v) is 10.5. The van der Waals surface area contributed by atoms with E-state index < -0.39 is 16.5 Å². The van der Waals surface area contributed by atoms with E-state index in [2.05, 4.69) is 23.8 Å². The van der Waals surface area contributed by atoms with Gasteiger partial charge in [0.15, 0.2) is 5.65 Å². The maximum Gasteiger partial charge on any atom is 0.332 e. The molecule has 0 aromatic carbocycles. The minimum Gasteiger partial charge on any atom is -0.462 e. The Labute approximate surface area is 167 Å². The predicted molar refractivity (Wildman–Crippen MR) is 108 cm³/mol. The molecule has 152 valence electrons. The molecule has 8 nitrogen and oxygen atoms in total. The van der Waals surface area contributed by atoms with Crippen LogP contribution in [-0.4, -0.2) is 36.4 Å². The quantitative estimate of drug-likeness (QED) is 0.534. The topological polar surface area (TPSA) is 96.1 Å². The van der Waals surface area contributed by atoms with Crippen molar-refractivity contribution in [2.24, 2.45) is 13.0 Å². The van der Waals surface area contributed by atoms with E-state index in [1.165, 1.54) is 23.4 Å². The van der Waals surface area contributed by atoms with E-state index in [9.17, 15) is 14.4 Å². The molecule has 28 heavy (non-hydrogen) atoms. The van der Waals surface area contributed by atoms with Gasteiger partial charge in [0.05, 0.1) is 0 Å². The molecule has 2 atom stereocenters. The van der Waals surface area contributed by atoms with Gasteiger partial charge in [-0.05, 0) is 19.3 Å². The zero-order valence-corrected chi connectivity index (χ0v) is 17.7. The Kier molecular flexibility index (Phi) is 5.92. The zero-order valence-electron chi connectivity index (χ0n) is 16.9. The fourth-order valence-electron chi connectivity index (χ4n) is 3.30. The van der Waals surface area contributed by atoms with E-state index in [-0.39, 0.29) is 12.1 Å². The van der Waals surface area contributed by atoms with Crippen LogP contribution in [0.15, 0.2) is 14.6 Å². The average molecular weight is 407 g/mol. The summed E-state index contributed by atoms with van der Waals surface area (Å²) >= 11 is 1.23. The summed E-state index contributed by atoms with van der Waals surface area (Å²) in [4.78, 5) is 46.9. The second-order valence-electron chi connectivity index (χ2n) is 7.63. The van der Waals surface area contributed by atoms with Crippen molar-refractivity contribution in [3.8, 4) is 0 Å². The summed E-state index contributed by atoms with van der Waals surface area (Å²) in [6, 6.07) is 0. The number of fused-ring (bicyclic) bond motifs is 1. The fourth-order valence-corrected chi connectivity index (χ4v) is 4.54. The van der Waals surface area contributed by atoms with Gasteiger partial charge in [-0.2, -0.15) is 0 Å². The van der Waals surface area contributed by atoms with Crippen LogP contribution in [0, 0.1) is 5.92 Å². The van der Waals surface area contributed by atoms with E-state index >= 15 is 0 Å². The highest BCUT2D eigenvalue weighted by Gasteiger charge is 2.34. The summed E-state index contributed by atoms with van der Waals surface area (Å²) in [6.45, 7) is 8.37. The summed E-state index contributed by atoms with van der Waals surface area (Å²) in [5.74, 6) is 0.583. The van der Waals surface area contributed by atoms with Gasteiger partial charge in [0.1, 0.15) is 27.6 Å². The Morgan fingerprint density at radius 2 is 1.96 bits per heavy atom. The van der Waals surface area contributed by atoms with Crippen LogP contribution in [0.25, 0.3) is 11.0 Å². The monoisotopic (exact) mass is 406 g/mol. The Morgan fingerprint density at radius 3 is 2.54 bits per heavy atom. The molecule has 0 aliphatic carbocycles. The van der Waals surface area contributed by atoms with Crippen molar-refractivity contribution in [3.05, 3.63) is 26.7 Å². The minimum atomic E-state index is -0.439. The lowest BCUT2D eigenvalue weighted by Crippen LogP contribution is -2.39. The van der Waals surface area contributed by atoms with Gasteiger partial charge in [-0.1, -0.05) is 32.5 Å². The van der Waals surface area contributed by atoms with Crippen molar-refractivity contribution < 1.29 is 9.53 Å². The lowest BCUT2D eigenvalue weighted by molar-refractivity contribution is -0.140. The van der Waals surface area contributed by atoms with Gasteiger partial charge in [-0.25, -0.2) is 14.8 Å². The molecule has 0 amide bonds. The fraction of sp³-hybridized carbons (Fsp3) is 0.632. The third-order valence-corrected chi connectivity index (χ3v) is 5.80. The number of nitrogens with zero attached hydrogens (tertiary/aromatic N) is 4. The maximum atomic E-state index is 12.9. The number of carbonyl (C=O) groups is 1. The smallest absolute Gasteiger partial charge is 0.332 e. The van der Waals surface area contributed by atoms with Crippen LogP contribution in [0.4, 0.5) is 0 Å². The summed E-state index contributed by atoms with van der Waals surface area (Å²) in [5, 5.41) is 0.318. The highest BCUT2D eigenvalue weighted by molar-refractivity contribution is 8.00. The number of thioether (sulfide) groups is 1. The second-order valence-corrected chi connectivity index (χ2v) is 8.82. The van der Waals surface area contributed by atoms with Crippen LogP contribution in [0.1, 0.15) is 46.4 Å². The number of cyclic esters (lactones) is 1. The van der Waals surface area contributed by atoms with Crippen molar-refractivity contribution in [2.45, 2.75) is 69.9 Å². The Morgan fingerprint density at radius 1 is 1.25 bits per heavy atom. The Hall–Kier alpha value is -2.16. The van der Waals surface area contributed by atoms with Crippen LogP contribution >= 0.6 is 11.8 Å². The van der Waals surface area contributed by atoms with E-state index in [0.717, 1.165) is 11.0 Å². The summed E-state index contributed by atoms with van der Waals surface area (Å²) in [6.07, 6.45) is 1.74. The van der Waals surface area contributed by atoms with Crippen molar-refractivity contribution in [1.29, 1.82) is 0 Å². The van der Waals surface area contributed by atoms with Crippen LogP contribution in [0.3, 0.4) is 0 Å². The number of ether oxygens (including phenoxy) is 1. The molecule has 9 heteroatoms. The number of hydrogen-bond acceptors (Lipinski definition) is 7. The molecule has 1 aliphatic heterocycles. The van der Waals surface area contributed by atoms with Crippen molar-refractivity contribution in [2.75, 3.05) is 0 Å². The minimum absolute atomic E-state index is 0.158. The summed E-state index contributed by atoms with van der Waals surface area (Å²) < 4.78 is 7.86. The third kappa shape index (κ3) is 3.85. The zero-order chi connectivity index (χ0) is 20.6. The average Bonchev–Trinajstić information content (AvgIpc) is 2.93. The van der Waals surface area contributed by atoms with E-state index in [0.29, 0.717) is 47.2 Å². The first-order chi connectivity index (χ1) is 13.2. The molecule has 0 unspecified atom stereocenters. The standard InChI is InChI=1S/C19H26N4O4S/c1-6-7-23-15-14(17(24)22(5)19(23)26)16(21-13(20-15)8-10(2)3)28-12-9-11(4)27-18(12)25/h10-12H,6-9H2,1-5H3/t11-,12+/m0/s1. The molecule has 2 aromatic rings. The number of esters is 1. The molecule has 0 bridgehead atoms. The molecule has 0 N–H and O–H groups in total. The highest BCUT2D eigenvalue weighted by atomic mass is 32.2. The van der Waals surface area contributed by atoms with Gasteiger partial charge < -0.3 is 4.74 Å². The lowest BCUT2D eigenvalue weighted by Gasteiger charge is -2.15. The number of aryl methyl sites for hydroxylation is 1. The number of aromatic nitrogens is 4. The highest BCUT2D eigenvalue weighted by Crippen LogP contribution is 2.33. The first kappa shape index (κ1) is 20.6. The molecule has 0 radical (unpaired) electrons. The molecule has 0 spiro atoms. The van der Waals surface area contributed by atoms with Gasteiger partial charge >= 0.3 is 11.7 Å². The van der Waals surface area contributed by atoms with Crippen LogP contribution in [0.2, 0.25) is 0 Å². The summed E-state index contributed by atoms with van der Waals surface area (Å²) in [7, 11) is 1.46. The van der Waals surface area contributed by atoms with E-state index in [1.807, 2.05) is 13.8 Å². The number of carbonyl (C=O) groups excluding carboxylic acids is 1. The van der Waals surface area contributed by atoms with Gasteiger partial charge in [0.25, 0.3) is 5.56 Å². The van der Waals surface area contributed by atoms with Crippen LogP contribution in [0.5, 0.6) is 0 Å². The number of rotatable bonds is 6. The number of hydrogen-bond donors (Lipinski definition) is 0. The maximum absolute atomic E-state index is 12.9. The van der Waals surface area contributed by atoms with Crippen LogP contribution < -0.4 is 11.2 Å². The molecule has 1 saturated heterocycles. The van der Waals surface area contributed by atoms with E-state index in [1.54, 1.807) is 0 Å². The second kappa shape index (κ2) is 8.06. The lowest BCUT2D eigenvalue weighted by atomic mass is 10.1. The first-order valence-electron chi connectivity index (χ1n) is 9.60. The molecule has 2 aromatic heterocycles. The molecular weight excluding hydrogens is 380 g/mol. The predicted octanol–water partition coefficient (Wildman–Crippen LogP) is 1.89. The van der Waals surface area contributed by atoms with E-state index in [4.69, 9.17) is 4.74 Å². The molecule has 1 fully saturated rings. The van der Waals surface area contributed by atoms with Crippen molar-refractivity contribution in [1.82, 2.24) is 19.1 Å². The molecular formula is C19H26N4O4S. The molecule has 3 heterocycles. The summed E-state index contributed by atoms with van der Waals surface area (Å²) in [5.41, 5.74) is -0.480. The molecule has 1 aliphatic rings. The molecule has 3 rings (SSSR count). The van der Waals surface area contributed by atoms with Gasteiger partial charge in [0.2, 0.25) is 0 Å². The largest absolute Gasteiger partial charge is 0.462 e. The molecule has 0 saturated carbocycles. The SMILES string of the molecule is CCCn1c(=O)n(C)c(=O)c2c(S[C@@H]3C[C@H](C)OC3=O)nc(CC(C)C)nc21. The van der Waals surface area contributed by atoms with Crippen molar-refractivity contribution in [3.63, 3.8) is 0 Å². The normalized spacial score (nSPS) is 19.6. The Bertz CT molecular complexity index is 1030. The van der Waals surface area contributed by atoms with Crippen LogP contribution in [-0.2, 0) is 29.5 Å². The third-order valence-electron chi connectivity index (χ3n) is 4.61. The van der Waals surface area contributed by atoms with Gasteiger partial charge in [-0.15, -0.1) is 0 Å². The van der Waals surface area contributed by atoms with Gasteiger partial charge in [0, 0.05) is 26.4 Å².